The number of benzene rings is 1. The summed E-state index contributed by atoms with van der Waals surface area (Å²) in [4.78, 5) is 2.40. The van der Waals surface area contributed by atoms with Gasteiger partial charge in [0.2, 0.25) is 0 Å². The summed E-state index contributed by atoms with van der Waals surface area (Å²) in [6, 6.07) is 5.45. The number of rotatable bonds is 6. The summed E-state index contributed by atoms with van der Waals surface area (Å²) < 4.78 is 16.2. The van der Waals surface area contributed by atoms with Gasteiger partial charge in [0.05, 0.1) is 26.9 Å². The Morgan fingerprint density at radius 2 is 1.95 bits per heavy atom. The lowest BCUT2D eigenvalue weighted by atomic mass is 10.3. The third kappa shape index (κ3) is 4.61. The molecule has 1 fully saturated rings. The summed E-state index contributed by atoms with van der Waals surface area (Å²) in [6.45, 7) is 5.45. The number of nitrogens with zero attached hydrogens (tertiary/aromatic N) is 1. The molecule has 1 aromatic rings. The molecule has 2 N–H and O–H groups in total. The normalized spacial score (nSPS) is 16.3. The summed E-state index contributed by atoms with van der Waals surface area (Å²) in [7, 11) is 1.62. The molecule has 1 heterocycles. The molecule has 0 spiro atoms. The number of hydrogen-bond donors (Lipinski definition) is 1. The SMILES string of the molecule is COc1cc(N)cc(OCCCN2CCOCC2)c1. The van der Waals surface area contributed by atoms with Crippen LogP contribution >= 0.6 is 0 Å². The summed E-state index contributed by atoms with van der Waals surface area (Å²) in [5, 5.41) is 0. The first kappa shape index (κ1) is 14.0. The summed E-state index contributed by atoms with van der Waals surface area (Å²) in [6.07, 6.45) is 0.997. The lowest BCUT2D eigenvalue weighted by Crippen LogP contribution is -2.37. The van der Waals surface area contributed by atoms with Gasteiger partial charge < -0.3 is 19.9 Å². The van der Waals surface area contributed by atoms with Crippen LogP contribution in [0.5, 0.6) is 11.5 Å². The van der Waals surface area contributed by atoms with Crippen molar-refractivity contribution < 1.29 is 14.2 Å². The van der Waals surface area contributed by atoms with Gasteiger partial charge in [-0.15, -0.1) is 0 Å². The molecule has 0 aromatic heterocycles. The fourth-order valence-corrected chi connectivity index (χ4v) is 2.10. The number of nitrogens with two attached hydrogens (primary N) is 1. The lowest BCUT2D eigenvalue weighted by molar-refractivity contribution is 0.0358. The van der Waals surface area contributed by atoms with Crippen LogP contribution in [0.15, 0.2) is 18.2 Å². The number of anilines is 1. The van der Waals surface area contributed by atoms with Gasteiger partial charge in [-0.1, -0.05) is 0 Å². The average Bonchev–Trinajstić information content (AvgIpc) is 2.44. The quantitative estimate of drug-likeness (QED) is 0.622. The van der Waals surface area contributed by atoms with Gasteiger partial charge in [-0.2, -0.15) is 0 Å². The molecule has 0 atom stereocenters. The second-order valence-corrected chi connectivity index (χ2v) is 4.60. The highest BCUT2D eigenvalue weighted by atomic mass is 16.5. The standard InChI is InChI=1S/C14H22N2O3/c1-17-13-9-12(15)10-14(11-13)19-6-2-3-16-4-7-18-8-5-16/h9-11H,2-8,15H2,1H3. The van der Waals surface area contributed by atoms with E-state index in [1.54, 1.807) is 13.2 Å². The van der Waals surface area contributed by atoms with E-state index >= 15 is 0 Å². The fourth-order valence-electron chi connectivity index (χ4n) is 2.10. The minimum Gasteiger partial charge on any atom is -0.497 e. The molecule has 0 unspecified atom stereocenters. The molecule has 1 aliphatic heterocycles. The van der Waals surface area contributed by atoms with Gasteiger partial charge in [-0.05, 0) is 6.42 Å². The highest BCUT2D eigenvalue weighted by molar-refractivity contribution is 5.50. The minimum atomic E-state index is 0.655. The van der Waals surface area contributed by atoms with Crippen LogP contribution in [-0.2, 0) is 4.74 Å². The average molecular weight is 266 g/mol. The number of hydrogen-bond acceptors (Lipinski definition) is 5. The Bertz CT molecular complexity index is 392. The smallest absolute Gasteiger partial charge is 0.125 e. The predicted molar refractivity (Wildman–Crippen MR) is 74.8 cm³/mol. The molecule has 0 aliphatic carbocycles. The molecule has 19 heavy (non-hydrogen) atoms. The van der Waals surface area contributed by atoms with E-state index in [1.165, 1.54) is 0 Å². The van der Waals surface area contributed by atoms with Gasteiger partial charge in [0, 0.05) is 43.5 Å². The summed E-state index contributed by atoms with van der Waals surface area (Å²) in [5.41, 5.74) is 6.43. The number of nitrogen functional groups attached to an aromatic ring is 1. The Morgan fingerprint density at radius 1 is 1.21 bits per heavy atom. The Balaban J connectivity index is 1.71. The zero-order chi connectivity index (χ0) is 13.5. The van der Waals surface area contributed by atoms with E-state index in [2.05, 4.69) is 4.90 Å². The molecule has 1 aliphatic rings. The summed E-state index contributed by atoms with van der Waals surface area (Å²) >= 11 is 0. The van der Waals surface area contributed by atoms with E-state index in [0.717, 1.165) is 50.8 Å². The van der Waals surface area contributed by atoms with Crippen molar-refractivity contribution >= 4 is 5.69 Å². The van der Waals surface area contributed by atoms with E-state index < -0.39 is 0 Å². The zero-order valence-electron chi connectivity index (χ0n) is 11.4. The van der Waals surface area contributed by atoms with E-state index in [9.17, 15) is 0 Å². The lowest BCUT2D eigenvalue weighted by Gasteiger charge is -2.26. The third-order valence-corrected chi connectivity index (χ3v) is 3.13. The molecular weight excluding hydrogens is 244 g/mol. The second-order valence-electron chi connectivity index (χ2n) is 4.60. The molecule has 0 saturated carbocycles. The first-order valence-electron chi connectivity index (χ1n) is 6.65. The maximum absolute atomic E-state index is 5.77. The van der Waals surface area contributed by atoms with Crippen molar-refractivity contribution in [2.45, 2.75) is 6.42 Å². The maximum Gasteiger partial charge on any atom is 0.125 e. The Kier molecular flexibility index (Phi) is 5.30. The van der Waals surface area contributed by atoms with Crippen molar-refractivity contribution in [1.29, 1.82) is 0 Å². The Hall–Kier alpha value is -1.46. The van der Waals surface area contributed by atoms with Crippen LogP contribution in [0.2, 0.25) is 0 Å². The monoisotopic (exact) mass is 266 g/mol. The molecule has 0 bridgehead atoms. The van der Waals surface area contributed by atoms with Crippen LogP contribution in [0.1, 0.15) is 6.42 Å². The Morgan fingerprint density at radius 3 is 2.68 bits per heavy atom. The minimum absolute atomic E-state index is 0.655. The third-order valence-electron chi connectivity index (χ3n) is 3.13. The van der Waals surface area contributed by atoms with Crippen molar-refractivity contribution in [3.63, 3.8) is 0 Å². The summed E-state index contributed by atoms with van der Waals surface area (Å²) in [5.74, 6) is 1.49. The molecule has 106 valence electrons. The number of methoxy groups -OCH3 is 1. The largest absolute Gasteiger partial charge is 0.497 e. The van der Waals surface area contributed by atoms with Gasteiger partial charge in [0.25, 0.3) is 0 Å². The van der Waals surface area contributed by atoms with Crippen LogP contribution in [0.25, 0.3) is 0 Å². The van der Waals surface area contributed by atoms with Gasteiger partial charge >= 0.3 is 0 Å². The van der Waals surface area contributed by atoms with Gasteiger partial charge in [0.15, 0.2) is 0 Å². The van der Waals surface area contributed by atoms with E-state index in [0.29, 0.717) is 12.3 Å². The van der Waals surface area contributed by atoms with Crippen molar-refractivity contribution in [1.82, 2.24) is 4.90 Å². The molecule has 1 saturated heterocycles. The molecule has 5 heteroatoms. The number of morpholine rings is 1. The molecule has 2 rings (SSSR count). The topological polar surface area (TPSA) is 57.0 Å². The molecule has 5 nitrogen and oxygen atoms in total. The van der Waals surface area contributed by atoms with Gasteiger partial charge in [-0.25, -0.2) is 0 Å². The van der Waals surface area contributed by atoms with Crippen LogP contribution in [0.4, 0.5) is 5.69 Å². The van der Waals surface area contributed by atoms with E-state index in [4.69, 9.17) is 19.9 Å². The molecule has 1 aromatic carbocycles. The fraction of sp³-hybridized carbons (Fsp3) is 0.571. The first-order chi connectivity index (χ1) is 9.28. The van der Waals surface area contributed by atoms with Crippen LogP contribution in [0.3, 0.4) is 0 Å². The van der Waals surface area contributed by atoms with Crippen LogP contribution < -0.4 is 15.2 Å². The highest BCUT2D eigenvalue weighted by Gasteiger charge is 2.09. The highest BCUT2D eigenvalue weighted by Crippen LogP contribution is 2.24. The van der Waals surface area contributed by atoms with E-state index in [1.807, 2.05) is 12.1 Å². The predicted octanol–water partition coefficient (Wildman–Crippen LogP) is 1.38. The molecule has 0 amide bonds. The van der Waals surface area contributed by atoms with Crippen LogP contribution in [-0.4, -0.2) is 51.5 Å². The van der Waals surface area contributed by atoms with E-state index in [-0.39, 0.29) is 0 Å². The first-order valence-corrected chi connectivity index (χ1v) is 6.65. The van der Waals surface area contributed by atoms with Crippen molar-refractivity contribution in [2.75, 3.05) is 52.3 Å². The molecular formula is C14H22N2O3. The maximum atomic E-state index is 5.77. The zero-order valence-corrected chi connectivity index (χ0v) is 11.4. The van der Waals surface area contributed by atoms with Gasteiger partial charge in [-0.3, -0.25) is 4.90 Å². The van der Waals surface area contributed by atoms with Crippen molar-refractivity contribution in [2.24, 2.45) is 0 Å². The van der Waals surface area contributed by atoms with Gasteiger partial charge in [0.1, 0.15) is 11.5 Å². The molecule has 0 radical (unpaired) electrons. The second kappa shape index (κ2) is 7.21. The van der Waals surface area contributed by atoms with Crippen molar-refractivity contribution in [3.8, 4) is 11.5 Å². The Labute approximate surface area is 114 Å². The number of ether oxygens (including phenoxy) is 3. The van der Waals surface area contributed by atoms with Crippen molar-refractivity contribution in [3.05, 3.63) is 18.2 Å². The van der Waals surface area contributed by atoms with Crippen LogP contribution in [0, 0.1) is 0 Å².